The lowest BCUT2D eigenvalue weighted by Gasteiger charge is -2.07. The molecule has 0 spiro atoms. The van der Waals surface area contributed by atoms with Crippen LogP contribution in [0, 0.1) is 0 Å². The molecule has 0 atom stereocenters. The molecule has 3 rings (SSSR count). The highest BCUT2D eigenvalue weighted by atomic mass is 16.4. The zero-order chi connectivity index (χ0) is 12.5. The molecule has 0 bridgehead atoms. The van der Waals surface area contributed by atoms with E-state index in [1.807, 2.05) is 24.3 Å². The molecule has 5 heteroatoms. The second kappa shape index (κ2) is 3.96. The Labute approximate surface area is 102 Å². The van der Waals surface area contributed by atoms with Gasteiger partial charge in [-0.15, -0.1) is 0 Å². The Balaban J connectivity index is 2.30. The first-order valence-corrected chi connectivity index (χ1v) is 5.37. The van der Waals surface area contributed by atoms with Gasteiger partial charge < -0.3 is 5.11 Å². The van der Waals surface area contributed by atoms with Gasteiger partial charge in [-0.05, 0) is 18.2 Å². The van der Waals surface area contributed by atoms with Crippen LogP contribution in [0.1, 0.15) is 10.4 Å². The van der Waals surface area contributed by atoms with Crippen LogP contribution in [0.4, 0.5) is 0 Å². The first kappa shape index (κ1) is 10.5. The minimum Gasteiger partial charge on any atom is -0.478 e. The molecule has 2 aromatic heterocycles. The minimum absolute atomic E-state index is 0.153. The van der Waals surface area contributed by atoms with E-state index in [-0.39, 0.29) is 5.56 Å². The second-order valence-corrected chi connectivity index (χ2v) is 3.80. The van der Waals surface area contributed by atoms with Gasteiger partial charge in [0.05, 0.1) is 16.7 Å². The fourth-order valence-electron chi connectivity index (χ4n) is 1.91. The van der Waals surface area contributed by atoms with Gasteiger partial charge in [0.25, 0.3) is 0 Å². The Morgan fingerprint density at radius 2 is 2.06 bits per heavy atom. The number of aromatic carboxylic acids is 1. The zero-order valence-electron chi connectivity index (χ0n) is 9.32. The molecule has 2 heterocycles. The van der Waals surface area contributed by atoms with Crippen LogP contribution in [-0.2, 0) is 0 Å². The molecule has 0 saturated carbocycles. The van der Waals surface area contributed by atoms with Crippen LogP contribution < -0.4 is 0 Å². The van der Waals surface area contributed by atoms with Crippen molar-refractivity contribution >= 4 is 17.0 Å². The van der Waals surface area contributed by atoms with Crippen molar-refractivity contribution in [1.29, 1.82) is 0 Å². The van der Waals surface area contributed by atoms with E-state index in [4.69, 9.17) is 5.11 Å². The SMILES string of the molecule is O=C(O)c1cnccc1-n1cnc2ccccc21. The maximum atomic E-state index is 11.2. The number of imidazole rings is 1. The Hall–Kier alpha value is -2.69. The Morgan fingerprint density at radius 1 is 1.22 bits per heavy atom. The van der Waals surface area contributed by atoms with Crippen molar-refractivity contribution in [2.75, 3.05) is 0 Å². The average Bonchev–Trinajstić information content (AvgIpc) is 2.82. The van der Waals surface area contributed by atoms with Gasteiger partial charge in [0, 0.05) is 12.4 Å². The number of fused-ring (bicyclic) bond motifs is 1. The fraction of sp³-hybridized carbons (Fsp3) is 0. The predicted octanol–water partition coefficient (Wildman–Crippen LogP) is 2.12. The normalized spacial score (nSPS) is 10.7. The molecule has 0 aliphatic carbocycles. The predicted molar refractivity (Wildman–Crippen MR) is 65.8 cm³/mol. The molecule has 3 aromatic rings. The molecule has 18 heavy (non-hydrogen) atoms. The number of carboxylic acid groups (broad SMARTS) is 1. The largest absolute Gasteiger partial charge is 0.478 e. The Bertz CT molecular complexity index is 734. The summed E-state index contributed by atoms with van der Waals surface area (Å²) in [6.45, 7) is 0. The van der Waals surface area contributed by atoms with Gasteiger partial charge in [-0.3, -0.25) is 9.55 Å². The number of pyridine rings is 1. The van der Waals surface area contributed by atoms with Crippen molar-refractivity contribution in [1.82, 2.24) is 14.5 Å². The van der Waals surface area contributed by atoms with E-state index in [2.05, 4.69) is 9.97 Å². The number of hydrogen-bond acceptors (Lipinski definition) is 3. The summed E-state index contributed by atoms with van der Waals surface area (Å²) in [5.41, 5.74) is 2.41. The molecule has 0 aliphatic rings. The summed E-state index contributed by atoms with van der Waals surface area (Å²) in [7, 11) is 0. The van der Waals surface area contributed by atoms with Crippen LogP contribution >= 0.6 is 0 Å². The highest BCUT2D eigenvalue weighted by molar-refractivity contribution is 5.92. The molecule has 1 aromatic carbocycles. The van der Waals surface area contributed by atoms with Gasteiger partial charge in [-0.2, -0.15) is 0 Å². The lowest BCUT2D eigenvalue weighted by atomic mass is 10.2. The van der Waals surface area contributed by atoms with Crippen LogP contribution in [0.2, 0.25) is 0 Å². The number of hydrogen-bond donors (Lipinski definition) is 1. The maximum absolute atomic E-state index is 11.2. The number of rotatable bonds is 2. The quantitative estimate of drug-likeness (QED) is 0.743. The van der Waals surface area contributed by atoms with Crippen molar-refractivity contribution in [2.24, 2.45) is 0 Å². The van der Waals surface area contributed by atoms with E-state index in [0.29, 0.717) is 5.69 Å². The summed E-state index contributed by atoms with van der Waals surface area (Å²) in [6, 6.07) is 9.23. The number of aromatic nitrogens is 3. The minimum atomic E-state index is -1.00. The molecule has 0 unspecified atom stereocenters. The van der Waals surface area contributed by atoms with Crippen LogP contribution in [0.25, 0.3) is 16.7 Å². The van der Waals surface area contributed by atoms with Crippen LogP contribution in [0.15, 0.2) is 49.1 Å². The lowest BCUT2D eigenvalue weighted by Crippen LogP contribution is -2.05. The maximum Gasteiger partial charge on any atom is 0.339 e. The zero-order valence-corrected chi connectivity index (χ0v) is 9.32. The number of benzene rings is 1. The molecule has 0 fully saturated rings. The summed E-state index contributed by atoms with van der Waals surface area (Å²) < 4.78 is 1.75. The van der Waals surface area contributed by atoms with Gasteiger partial charge in [0.1, 0.15) is 11.9 Å². The van der Waals surface area contributed by atoms with E-state index in [9.17, 15) is 4.79 Å². The van der Waals surface area contributed by atoms with Crippen molar-refractivity contribution in [3.63, 3.8) is 0 Å². The summed E-state index contributed by atoms with van der Waals surface area (Å²) in [4.78, 5) is 19.3. The number of para-hydroxylation sites is 2. The fourth-order valence-corrected chi connectivity index (χ4v) is 1.91. The number of nitrogens with zero attached hydrogens (tertiary/aromatic N) is 3. The van der Waals surface area contributed by atoms with Crippen LogP contribution in [0.3, 0.4) is 0 Å². The third-order valence-corrected chi connectivity index (χ3v) is 2.74. The lowest BCUT2D eigenvalue weighted by molar-refractivity contribution is 0.0696. The van der Waals surface area contributed by atoms with Crippen molar-refractivity contribution < 1.29 is 9.90 Å². The van der Waals surface area contributed by atoms with Gasteiger partial charge >= 0.3 is 5.97 Å². The molecule has 0 aliphatic heterocycles. The van der Waals surface area contributed by atoms with E-state index < -0.39 is 5.97 Å². The summed E-state index contributed by atoms with van der Waals surface area (Å²) in [6.07, 6.45) is 4.52. The number of carboxylic acids is 1. The van der Waals surface area contributed by atoms with Crippen molar-refractivity contribution in [2.45, 2.75) is 0 Å². The third kappa shape index (κ3) is 1.53. The first-order valence-electron chi connectivity index (χ1n) is 5.37. The molecule has 0 saturated heterocycles. The Morgan fingerprint density at radius 3 is 2.89 bits per heavy atom. The van der Waals surface area contributed by atoms with Gasteiger partial charge in [-0.25, -0.2) is 9.78 Å². The summed E-state index contributed by atoms with van der Waals surface area (Å²) >= 11 is 0. The Kier molecular flexibility index (Phi) is 2.30. The second-order valence-electron chi connectivity index (χ2n) is 3.80. The monoisotopic (exact) mass is 239 g/mol. The van der Waals surface area contributed by atoms with E-state index in [1.165, 1.54) is 6.20 Å². The van der Waals surface area contributed by atoms with Crippen LogP contribution in [-0.4, -0.2) is 25.6 Å². The molecule has 0 radical (unpaired) electrons. The van der Waals surface area contributed by atoms with Crippen LogP contribution in [0.5, 0.6) is 0 Å². The molecule has 0 amide bonds. The average molecular weight is 239 g/mol. The number of carbonyl (C=O) groups is 1. The van der Waals surface area contributed by atoms with Crippen molar-refractivity contribution in [3.8, 4) is 5.69 Å². The smallest absolute Gasteiger partial charge is 0.339 e. The molecular formula is C13H9N3O2. The molecule has 5 nitrogen and oxygen atoms in total. The highest BCUT2D eigenvalue weighted by Gasteiger charge is 2.13. The van der Waals surface area contributed by atoms with Gasteiger partial charge in [-0.1, -0.05) is 12.1 Å². The first-order chi connectivity index (χ1) is 8.77. The standard InChI is InChI=1S/C13H9N3O2/c17-13(18)9-7-14-6-5-11(9)16-8-15-10-3-1-2-4-12(10)16/h1-8H,(H,17,18). The van der Waals surface area contributed by atoms with E-state index >= 15 is 0 Å². The van der Waals surface area contributed by atoms with E-state index in [1.54, 1.807) is 23.2 Å². The molecule has 1 N–H and O–H groups in total. The molecular weight excluding hydrogens is 230 g/mol. The van der Waals surface area contributed by atoms with Gasteiger partial charge in [0.15, 0.2) is 0 Å². The topological polar surface area (TPSA) is 68.0 Å². The third-order valence-electron chi connectivity index (χ3n) is 2.74. The van der Waals surface area contributed by atoms with Gasteiger partial charge in [0.2, 0.25) is 0 Å². The summed E-state index contributed by atoms with van der Waals surface area (Å²) in [5, 5.41) is 9.16. The molecule has 88 valence electrons. The van der Waals surface area contributed by atoms with E-state index in [0.717, 1.165) is 11.0 Å². The van der Waals surface area contributed by atoms with Crippen molar-refractivity contribution in [3.05, 3.63) is 54.6 Å². The summed E-state index contributed by atoms with van der Waals surface area (Å²) in [5.74, 6) is -1.00. The highest BCUT2D eigenvalue weighted by Crippen LogP contribution is 2.20.